The van der Waals surface area contributed by atoms with Crippen molar-refractivity contribution in [1.29, 1.82) is 0 Å². The third-order valence-electron chi connectivity index (χ3n) is 5.31. The number of benzene rings is 1. The van der Waals surface area contributed by atoms with E-state index < -0.39 is 0 Å². The average molecular weight is 431 g/mol. The standard InChI is InChI=1S/C22H31BrN4/c1-6-8-12-26(7-2)21-18-11-13-27(22(18)25-16(5)24-21)20-10-9-17(15(3)4)14-19(20)23/h9-10,14-15H,6-8,11-13H2,1-5H3. The van der Waals surface area contributed by atoms with Crippen LogP contribution in [0.25, 0.3) is 0 Å². The first-order valence-corrected chi connectivity index (χ1v) is 10.9. The SMILES string of the molecule is CCCCN(CC)c1nc(C)nc2c1CCN2c1ccc(C(C)C)cc1Br. The van der Waals surface area contributed by atoms with Crippen LogP contribution in [0.1, 0.15) is 63.4 Å². The van der Waals surface area contributed by atoms with E-state index >= 15 is 0 Å². The van der Waals surface area contributed by atoms with Crippen molar-refractivity contribution in [2.45, 2.75) is 59.8 Å². The molecule has 1 aliphatic rings. The van der Waals surface area contributed by atoms with Gasteiger partial charge in [0.25, 0.3) is 0 Å². The number of anilines is 3. The molecule has 0 saturated carbocycles. The summed E-state index contributed by atoms with van der Waals surface area (Å²) in [5.41, 5.74) is 3.83. The first-order chi connectivity index (χ1) is 13.0. The molecule has 3 rings (SSSR count). The van der Waals surface area contributed by atoms with Gasteiger partial charge in [-0.3, -0.25) is 0 Å². The van der Waals surface area contributed by atoms with Gasteiger partial charge in [0.1, 0.15) is 17.5 Å². The average Bonchev–Trinajstić information content (AvgIpc) is 3.05. The summed E-state index contributed by atoms with van der Waals surface area (Å²) in [6, 6.07) is 6.70. The normalized spacial score (nSPS) is 13.4. The molecule has 0 fully saturated rings. The molecule has 0 bridgehead atoms. The minimum atomic E-state index is 0.522. The van der Waals surface area contributed by atoms with E-state index in [4.69, 9.17) is 9.97 Å². The predicted octanol–water partition coefficient (Wildman–Crippen LogP) is 5.99. The minimum absolute atomic E-state index is 0.522. The van der Waals surface area contributed by atoms with E-state index in [9.17, 15) is 0 Å². The Morgan fingerprint density at radius 2 is 2.00 bits per heavy atom. The van der Waals surface area contributed by atoms with Crippen molar-refractivity contribution in [1.82, 2.24) is 9.97 Å². The monoisotopic (exact) mass is 430 g/mol. The van der Waals surface area contributed by atoms with Crippen molar-refractivity contribution < 1.29 is 0 Å². The number of fused-ring (bicyclic) bond motifs is 1. The zero-order valence-electron chi connectivity index (χ0n) is 17.2. The van der Waals surface area contributed by atoms with Crippen molar-refractivity contribution >= 4 is 33.3 Å². The second kappa shape index (κ2) is 8.59. The Balaban J connectivity index is 2.00. The molecular weight excluding hydrogens is 400 g/mol. The number of nitrogens with zero attached hydrogens (tertiary/aromatic N) is 4. The van der Waals surface area contributed by atoms with Gasteiger partial charge in [-0.25, -0.2) is 9.97 Å². The van der Waals surface area contributed by atoms with Crippen molar-refractivity contribution in [2.24, 2.45) is 0 Å². The van der Waals surface area contributed by atoms with Crippen LogP contribution in [-0.2, 0) is 6.42 Å². The van der Waals surface area contributed by atoms with Gasteiger partial charge in [0.15, 0.2) is 0 Å². The lowest BCUT2D eigenvalue weighted by atomic mass is 10.0. The number of aryl methyl sites for hydroxylation is 1. The van der Waals surface area contributed by atoms with E-state index in [0.717, 1.165) is 48.0 Å². The van der Waals surface area contributed by atoms with Gasteiger partial charge in [-0.1, -0.05) is 33.3 Å². The van der Waals surface area contributed by atoms with E-state index in [2.05, 4.69) is 71.6 Å². The second-order valence-corrected chi connectivity index (χ2v) is 8.45. The third-order valence-corrected chi connectivity index (χ3v) is 5.94. The van der Waals surface area contributed by atoms with Gasteiger partial charge in [0.05, 0.1) is 5.69 Å². The maximum absolute atomic E-state index is 4.84. The molecule has 1 aromatic carbocycles. The highest BCUT2D eigenvalue weighted by molar-refractivity contribution is 9.10. The molecule has 5 heteroatoms. The number of unbranched alkanes of at least 4 members (excludes halogenated alkanes) is 1. The summed E-state index contributed by atoms with van der Waals surface area (Å²) < 4.78 is 1.14. The number of rotatable bonds is 7. The molecule has 0 amide bonds. The molecule has 0 radical (unpaired) electrons. The lowest BCUT2D eigenvalue weighted by Gasteiger charge is -2.25. The smallest absolute Gasteiger partial charge is 0.142 e. The van der Waals surface area contributed by atoms with Crippen LogP contribution in [0, 0.1) is 6.92 Å². The highest BCUT2D eigenvalue weighted by atomic mass is 79.9. The quantitative estimate of drug-likeness (QED) is 0.539. The van der Waals surface area contributed by atoms with Gasteiger partial charge in [-0.05, 0) is 66.2 Å². The maximum Gasteiger partial charge on any atom is 0.142 e. The summed E-state index contributed by atoms with van der Waals surface area (Å²) in [5, 5.41) is 0. The van der Waals surface area contributed by atoms with Gasteiger partial charge in [-0.2, -0.15) is 0 Å². The fourth-order valence-corrected chi connectivity index (χ4v) is 4.31. The van der Waals surface area contributed by atoms with E-state index in [-0.39, 0.29) is 0 Å². The number of halogens is 1. The molecule has 0 N–H and O–H groups in total. The van der Waals surface area contributed by atoms with Crippen LogP contribution < -0.4 is 9.80 Å². The molecule has 2 aromatic rings. The molecule has 0 atom stereocenters. The number of hydrogen-bond acceptors (Lipinski definition) is 4. The van der Waals surface area contributed by atoms with Gasteiger partial charge in [-0.15, -0.1) is 0 Å². The Kier molecular flexibility index (Phi) is 6.40. The molecule has 0 aliphatic carbocycles. The largest absolute Gasteiger partial charge is 0.356 e. The van der Waals surface area contributed by atoms with E-state index in [1.54, 1.807) is 0 Å². The molecule has 1 aromatic heterocycles. The van der Waals surface area contributed by atoms with Crippen LogP contribution >= 0.6 is 15.9 Å². The Morgan fingerprint density at radius 3 is 2.63 bits per heavy atom. The van der Waals surface area contributed by atoms with E-state index in [0.29, 0.717) is 5.92 Å². The fraction of sp³-hybridized carbons (Fsp3) is 0.545. The summed E-state index contributed by atoms with van der Waals surface area (Å²) in [4.78, 5) is 14.4. The van der Waals surface area contributed by atoms with Crippen LogP contribution in [0.4, 0.5) is 17.3 Å². The zero-order chi connectivity index (χ0) is 19.6. The molecule has 27 heavy (non-hydrogen) atoms. The van der Waals surface area contributed by atoms with E-state index in [1.807, 2.05) is 6.92 Å². The molecular formula is C22H31BrN4. The molecule has 0 spiro atoms. The van der Waals surface area contributed by atoms with Crippen LogP contribution in [-0.4, -0.2) is 29.6 Å². The number of hydrogen-bond donors (Lipinski definition) is 0. The first-order valence-electron chi connectivity index (χ1n) is 10.2. The van der Waals surface area contributed by atoms with Crippen molar-refractivity contribution in [3.8, 4) is 0 Å². The first kappa shape index (κ1) is 20.1. The summed E-state index contributed by atoms with van der Waals surface area (Å²) >= 11 is 3.80. The fourth-order valence-electron chi connectivity index (χ4n) is 3.70. The predicted molar refractivity (Wildman–Crippen MR) is 119 cm³/mol. The Labute approximate surface area is 172 Å². The van der Waals surface area contributed by atoms with Crippen LogP contribution in [0.3, 0.4) is 0 Å². The van der Waals surface area contributed by atoms with E-state index in [1.165, 1.54) is 29.7 Å². The van der Waals surface area contributed by atoms with Crippen molar-refractivity contribution in [3.05, 3.63) is 39.6 Å². The summed E-state index contributed by atoms with van der Waals surface area (Å²) in [7, 11) is 0. The highest BCUT2D eigenvalue weighted by Crippen LogP contribution is 2.41. The van der Waals surface area contributed by atoms with Crippen molar-refractivity contribution in [3.63, 3.8) is 0 Å². The van der Waals surface area contributed by atoms with Gasteiger partial charge in [0, 0.05) is 29.7 Å². The lowest BCUT2D eigenvalue weighted by molar-refractivity contribution is 0.718. The summed E-state index contributed by atoms with van der Waals surface area (Å²) in [6.45, 7) is 13.9. The molecule has 146 valence electrons. The Morgan fingerprint density at radius 1 is 1.22 bits per heavy atom. The zero-order valence-corrected chi connectivity index (χ0v) is 18.8. The summed E-state index contributed by atoms with van der Waals surface area (Å²) in [6.07, 6.45) is 3.38. The van der Waals surface area contributed by atoms with Crippen LogP contribution in [0.2, 0.25) is 0 Å². The highest BCUT2D eigenvalue weighted by Gasteiger charge is 2.29. The van der Waals surface area contributed by atoms with Crippen molar-refractivity contribution in [2.75, 3.05) is 29.4 Å². The topological polar surface area (TPSA) is 32.3 Å². The maximum atomic E-state index is 4.84. The van der Waals surface area contributed by atoms with Gasteiger partial charge < -0.3 is 9.80 Å². The summed E-state index contributed by atoms with van der Waals surface area (Å²) in [5.74, 6) is 3.57. The third kappa shape index (κ3) is 4.13. The Bertz CT molecular complexity index is 803. The van der Waals surface area contributed by atoms with Crippen LogP contribution in [0.5, 0.6) is 0 Å². The Hall–Kier alpha value is -1.62. The lowest BCUT2D eigenvalue weighted by Crippen LogP contribution is -2.26. The molecule has 0 unspecified atom stereocenters. The van der Waals surface area contributed by atoms with Crippen LogP contribution in [0.15, 0.2) is 22.7 Å². The van der Waals surface area contributed by atoms with Gasteiger partial charge in [0.2, 0.25) is 0 Å². The molecule has 1 aliphatic heterocycles. The molecule has 4 nitrogen and oxygen atoms in total. The number of aromatic nitrogens is 2. The molecule has 2 heterocycles. The minimum Gasteiger partial charge on any atom is -0.356 e. The molecule has 0 saturated heterocycles. The van der Waals surface area contributed by atoms with Gasteiger partial charge >= 0.3 is 0 Å². The second-order valence-electron chi connectivity index (χ2n) is 7.60.